The fourth-order valence-electron chi connectivity index (χ4n) is 5.46. The van der Waals surface area contributed by atoms with E-state index in [1.165, 1.54) is 17.7 Å². The third kappa shape index (κ3) is 7.54. The Morgan fingerprint density at radius 2 is 1.54 bits per heavy atom. The van der Waals surface area contributed by atoms with E-state index in [1.807, 2.05) is 30.3 Å². The molecule has 2 fully saturated rings. The Hall–Kier alpha value is -4.13. The molecule has 0 atom stereocenters. The van der Waals surface area contributed by atoms with Crippen LogP contribution in [0.2, 0.25) is 0 Å². The second-order valence-electron chi connectivity index (χ2n) is 10.8. The maximum atomic E-state index is 13.5. The summed E-state index contributed by atoms with van der Waals surface area (Å²) in [6.45, 7) is 10.3. The van der Waals surface area contributed by atoms with Gasteiger partial charge in [0.15, 0.2) is 0 Å². The number of aromatic nitrogens is 1. The number of rotatable bonds is 8. The first-order valence-electron chi connectivity index (χ1n) is 14.0. The Kier molecular flexibility index (Phi) is 9.02. The van der Waals surface area contributed by atoms with Crippen LogP contribution in [-0.2, 0) is 13.1 Å². The molecule has 3 aromatic rings. The molecule has 3 heterocycles. The van der Waals surface area contributed by atoms with Crippen LogP contribution in [0.5, 0.6) is 0 Å². The van der Waals surface area contributed by atoms with E-state index in [0.29, 0.717) is 23.4 Å². The molecule has 0 aliphatic carbocycles. The number of carbonyl (C=O) groups excluding carboxylic acids is 1. The molecule has 9 heteroatoms. The van der Waals surface area contributed by atoms with Crippen LogP contribution in [-0.4, -0.2) is 70.9 Å². The van der Waals surface area contributed by atoms with Crippen LogP contribution < -0.4 is 5.32 Å². The number of amides is 1. The molecule has 0 saturated carbocycles. The molecule has 7 nitrogen and oxygen atoms in total. The van der Waals surface area contributed by atoms with Gasteiger partial charge in [0, 0.05) is 81.9 Å². The zero-order valence-corrected chi connectivity index (χ0v) is 23.0. The summed E-state index contributed by atoms with van der Waals surface area (Å²) in [6.07, 6.45) is 3.44. The molecule has 1 N–H and O–H groups in total. The van der Waals surface area contributed by atoms with E-state index in [0.717, 1.165) is 76.0 Å². The molecule has 1 aromatic heterocycles. The predicted molar refractivity (Wildman–Crippen MR) is 153 cm³/mol. The third-order valence-electron chi connectivity index (χ3n) is 7.82. The van der Waals surface area contributed by atoms with Crippen LogP contribution in [0.25, 0.3) is 5.70 Å². The Balaban J connectivity index is 1.06. The highest BCUT2D eigenvalue weighted by molar-refractivity contribution is 5.92. The summed E-state index contributed by atoms with van der Waals surface area (Å²) in [5.41, 5.74) is 4.56. The number of benzene rings is 2. The van der Waals surface area contributed by atoms with Crippen LogP contribution >= 0.6 is 0 Å². The van der Waals surface area contributed by atoms with Gasteiger partial charge in [0.25, 0.3) is 5.91 Å². The van der Waals surface area contributed by atoms with Gasteiger partial charge in [-0.1, -0.05) is 18.7 Å². The predicted octanol–water partition coefficient (Wildman–Crippen LogP) is 4.41. The normalized spacial score (nSPS) is 16.8. The van der Waals surface area contributed by atoms with Crippen LogP contribution in [0.1, 0.15) is 45.6 Å². The summed E-state index contributed by atoms with van der Waals surface area (Å²) < 4.78 is 27.0. The minimum Gasteiger partial charge on any atom is -0.369 e. The Morgan fingerprint density at radius 1 is 0.902 bits per heavy atom. The minimum absolute atomic E-state index is 0.108. The van der Waals surface area contributed by atoms with Crippen molar-refractivity contribution in [3.8, 4) is 6.07 Å². The number of nitrogens with zero attached hydrogens (tertiary/aromatic N) is 5. The van der Waals surface area contributed by atoms with E-state index in [1.54, 1.807) is 12.3 Å². The smallest absolute Gasteiger partial charge is 0.270 e. The van der Waals surface area contributed by atoms with E-state index in [2.05, 4.69) is 37.6 Å². The van der Waals surface area contributed by atoms with Crippen molar-refractivity contribution in [1.82, 2.24) is 25.0 Å². The molecule has 5 rings (SSSR count). The van der Waals surface area contributed by atoms with E-state index in [9.17, 15) is 13.6 Å². The van der Waals surface area contributed by atoms with E-state index in [-0.39, 0.29) is 11.9 Å². The lowest BCUT2D eigenvalue weighted by Gasteiger charge is -2.37. The van der Waals surface area contributed by atoms with Crippen molar-refractivity contribution < 1.29 is 13.6 Å². The maximum absolute atomic E-state index is 13.5. The molecule has 41 heavy (non-hydrogen) atoms. The van der Waals surface area contributed by atoms with E-state index >= 15 is 0 Å². The zero-order chi connectivity index (χ0) is 28.8. The Labute approximate surface area is 239 Å². The van der Waals surface area contributed by atoms with Gasteiger partial charge in [-0.05, 0) is 60.4 Å². The highest BCUT2D eigenvalue weighted by atomic mass is 19.1. The third-order valence-corrected chi connectivity index (χ3v) is 7.82. The Bertz CT molecular complexity index is 1380. The number of halogens is 2. The van der Waals surface area contributed by atoms with Crippen molar-refractivity contribution in [2.75, 3.05) is 39.3 Å². The summed E-state index contributed by atoms with van der Waals surface area (Å²) in [4.78, 5) is 24.0. The number of pyridine rings is 1. The monoisotopic (exact) mass is 556 g/mol. The molecule has 0 bridgehead atoms. The van der Waals surface area contributed by atoms with Crippen molar-refractivity contribution in [3.63, 3.8) is 0 Å². The molecule has 0 unspecified atom stereocenters. The number of carbonyl (C=O) groups is 1. The second-order valence-corrected chi connectivity index (χ2v) is 10.8. The van der Waals surface area contributed by atoms with Gasteiger partial charge in [-0.3, -0.25) is 19.6 Å². The number of piperidine rings is 1. The number of nitrogens with one attached hydrogen (secondary N) is 1. The topological polar surface area (TPSA) is 75.5 Å². The lowest BCUT2D eigenvalue weighted by Crippen LogP contribution is -2.45. The van der Waals surface area contributed by atoms with Crippen LogP contribution in [0.3, 0.4) is 0 Å². The van der Waals surface area contributed by atoms with Gasteiger partial charge in [0.1, 0.15) is 17.3 Å². The summed E-state index contributed by atoms with van der Waals surface area (Å²) in [6, 6.07) is 17.2. The maximum Gasteiger partial charge on any atom is 0.270 e. The molecule has 0 spiro atoms. The first kappa shape index (κ1) is 28.4. The Morgan fingerprint density at radius 3 is 2.15 bits per heavy atom. The molecular weight excluding hydrogens is 522 g/mol. The summed E-state index contributed by atoms with van der Waals surface area (Å²) >= 11 is 0. The zero-order valence-electron chi connectivity index (χ0n) is 23.0. The second kappa shape index (κ2) is 13.0. The first-order valence-corrected chi connectivity index (χ1v) is 14.0. The van der Waals surface area contributed by atoms with Gasteiger partial charge in [0.05, 0.1) is 11.6 Å². The lowest BCUT2D eigenvalue weighted by atomic mass is 10.0. The molecule has 2 aromatic carbocycles. The molecule has 2 aliphatic rings. The fraction of sp³-hybridized carbons (Fsp3) is 0.344. The van der Waals surface area contributed by atoms with E-state index in [4.69, 9.17) is 5.26 Å². The van der Waals surface area contributed by atoms with Gasteiger partial charge in [0.2, 0.25) is 0 Å². The summed E-state index contributed by atoms with van der Waals surface area (Å²) in [7, 11) is 0. The fourth-order valence-corrected chi connectivity index (χ4v) is 5.46. The quantitative estimate of drug-likeness (QED) is 0.443. The van der Waals surface area contributed by atoms with Crippen molar-refractivity contribution in [2.24, 2.45) is 0 Å². The summed E-state index contributed by atoms with van der Waals surface area (Å²) in [5.74, 6) is -1.29. The number of hydrogen-bond acceptors (Lipinski definition) is 6. The molecular formula is C32H34F2N6O. The molecule has 212 valence electrons. The molecule has 2 aliphatic heterocycles. The van der Waals surface area contributed by atoms with Gasteiger partial charge in [-0.15, -0.1) is 0 Å². The highest BCUT2D eigenvalue weighted by Crippen LogP contribution is 2.21. The molecule has 0 radical (unpaired) electrons. The largest absolute Gasteiger partial charge is 0.369 e. The number of likely N-dealkylation sites (tertiary alicyclic amines) is 1. The lowest BCUT2D eigenvalue weighted by molar-refractivity contribution is 0.0904. The molecule has 2 saturated heterocycles. The standard InChI is InChI=1S/C32H34F2N6O/c1-23(40-14-12-39(13-15-40)22-26-16-28(33)18-29(34)17-26)27-6-7-31(36-20-27)32(41)37-30-8-10-38(11-9-30)21-25-4-2-24(19-35)3-5-25/h2-7,16-18,20,30H,1,8-15,21-22H2,(H,37,41). The number of hydrogen-bond donors (Lipinski definition) is 1. The van der Waals surface area contributed by atoms with Gasteiger partial charge >= 0.3 is 0 Å². The van der Waals surface area contributed by atoms with Crippen LogP contribution in [0.4, 0.5) is 8.78 Å². The highest BCUT2D eigenvalue weighted by Gasteiger charge is 2.23. The number of nitriles is 1. The van der Waals surface area contributed by atoms with Crippen LogP contribution in [0, 0.1) is 23.0 Å². The van der Waals surface area contributed by atoms with Crippen molar-refractivity contribution >= 4 is 11.6 Å². The van der Waals surface area contributed by atoms with E-state index < -0.39 is 11.6 Å². The average Bonchev–Trinajstić information content (AvgIpc) is 2.98. The van der Waals surface area contributed by atoms with Crippen molar-refractivity contribution in [2.45, 2.75) is 32.0 Å². The van der Waals surface area contributed by atoms with Crippen molar-refractivity contribution in [1.29, 1.82) is 5.26 Å². The SMILES string of the molecule is C=C(c1ccc(C(=O)NC2CCN(Cc3ccc(C#N)cc3)CC2)nc1)N1CCN(Cc2cc(F)cc(F)c2)CC1. The first-order chi connectivity index (χ1) is 19.9. The van der Waals surface area contributed by atoms with Gasteiger partial charge in [-0.2, -0.15) is 5.26 Å². The average molecular weight is 557 g/mol. The molecule has 1 amide bonds. The van der Waals surface area contributed by atoms with Gasteiger partial charge < -0.3 is 10.2 Å². The van der Waals surface area contributed by atoms with Crippen molar-refractivity contribution in [3.05, 3.63) is 107 Å². The van der Waals surface area contributed by atoms with Gasteiger partial charge in [-0.25, -0.2) is 8.78 Å². The van der Waals surface area contributed by atoms with Crippen LogP contribution in [0.15, 0.2) is 67.4 Å². The summed E-state index contributed by atoms with van der Waals surface area (Å²) in [5, 5.41) is 12.1. The minimum atomic E-state index is -0.557. The number of piperazine rings is 1.